The summed E-state index contributed by atoms with van der Waals surface area (Å²) in [5, 5.41) is 2.50. The standard InChI is InChI=1S/C14H16F7N/c1-8-10(13(16,17)18)4-9(5-11(8)15)6-22-7-12(2-3-12)14(19,20)21/h4-5,8,11,22H,2-3,6-7H2,1H3. The fourth-order valence-electron chi connectivity index (χ4n) is 2.51. The third kappa shape index (κ3) is 3.47. The molecule has 8 heteroatoms. The maximum atomic E-state index is 13.6. The first-order valence-corrected chi connectivity index (χ1v) is 6.87. The predicted molar refractivity (Wildman–Crippen MR) is 66.9 cm³/mol. The Morgan fingerprint density at radius 2 is 1.77 bits per heavy atom. The molecule has 2 aliphatic carbocycles. The first-order chi connectivity index (χ1) is 9.96. The lowest BCUT2D eigenvalue weighted by molar-refractivity contribution is -0.185. The first-order valence-electron chi connectivity index (χ1n) is 6.87. The van der Waals surface area contributed by atoms with E-state index in [-0.39, 0.29) is 31.5 Å². The zero-order valence-electron chi connectivity index (χ0n) is 11.8. The Bertz CT molecular complexity index is 482. The van der Waals surface area contributed by atoms with E-state index in [0.29, 0.717) is 0 Å². The average molecular weight is 331 g/mol. The Hall–Kier alpha value is -1.05. The van der Waals surface area contributed by atoms with Crippen LogP contribution in [0.5, 0.6) is 0 Å². The number of alkyl halides is 7. The molecule has 2 atom stereocenters. The van der Waals surface area contributed by atoms with Gasteiger partial charge < -0.3 is 5.32 Å². The Kier molecular flexibility index (Phi) is 4.36. The van der Waals surface area contributed by atoms with Crippen molar-refractivity contribution in [1.82, 2.24) is 5.32 Å². The lowest BCUT2D eigenvalue weighted by atomic mass is 9.88. The molecule has 0 saturated heterocycles. The Balaban J connectivity index is 1.99. The van der Waals surface area contributed by atoms with Crippen molar-refractivity contribution in [3.8, 4) is 0 Å². The molecule has 1 saturated carbocycles. The molecule has 2 aliphatic rings. The molecule has 0 aromatic heterocycles. The minimum atomic E-state index is -4.65. The van der Waals surface area contributed by atoms with Gasteiger partial charge in [-0.2, -0.15) is 26.3 Å². The fraction of sp³-hybridized carbons (Fsp3) is 0.714. The smallest absolute Gasteiger partial charge is 0.312 e. The van der Waals surface area contributed by atoms with Crippen LogP contribution in [0.4, 0.5) is 30.7 Å². The Labute approximate surface area is 123 Å². The zero-order chi connectivity index (χ0) is 16.8. The van der Waals surface area contributed by atoms with Gasteiger partial charge in [0.1, 0.15) is 6.17 Å². The maximum absolute atomic E-state index is 13.6. The topological polar surface area (TPSA) is 12.0 Å². The van der Waals surface area contributed by atoms with Crippen molar-refractivity contribution < 1.29 is 30.7 Å². The molecule has 0 amide bonds. The SMILES string of the molecule is CC1C(C(F)(F)F)=CC(CNCC2(C(F)(F)F)CC2)=CC1F. The number of nitrogens with one attached hydrogen (secondary N) is 1. The number of hydrogen-bond acceptors (Lipinski definition) is 1. The van der Waals surface area contributed by atoms with E-state index in [0.717, 1.165) is 19.1 Å². The quantitative estimate of drug-likeness (QED) is 0.757. The van der Waals surface area contributed by atoms with Gasteiger partial charge in [0.2, 0.25) is 0 Å². The highest BCUT2D eigenvalue weighted by Gasteiger charge is 2.62. The molecule has 0 heterocycles. The third-order valence-corrected chi connectivity index (χ3v) is 4.26. The van der Waals surface area contributed by atoms with Crippen LogP contribution in [0.2, 0.25) is 0 Å². The van der Waals surface area contributed by atoms with Gasteiger partial charge in [-0.1, -0.05) is 6.92 Å². The highest BCUT2D eigenvalue weighted by molar-refractivity contribution is 5.35. The van der Waals surface area contributed by atoms with Crippen LogP contribution in [0, 0.1) is 11.3 Å². The number of rotatable bonds is 4. The van der Waals surface area contributed by atoms with Crippen LogP contribution < -0.4 is 5.32 Å². The van der Waals surface area contributed by atoms with Crippen LogP contribution in [-0.2, 0) is 0 Å². The summed E-state index contributed by atoms with van der Waals surface area (Å²) >= 11 is 0. The minimum absolute atomic E-state index is 0.00889. The van der Waals surface area contributed by atoms with Crippen molar-refractivity contribution in [3.05, 3.63) is 23.3 Å². The minimum Gasteiger partial charge on any atom is -0.312 e. The third-order valence-electron chi connectivity index (χ3n) is 4.26. The van der Waals surface area contributed by atoms with Crippen LogP contribution >= 0.6 is 0 Å². The molecule has 1 nitrogen and oxygen atoms in total. The summed E-state index contributed by atoms with van der Waals surface area (Å²) in [7, 11) is 0. The maximum Gasteiger partial charge on any atom is 0.413 e. The van der Waals surface area contributed by atoms with Gasteiger partial charge in [-0.15, -0.1) is 0 Å². The van der Waals surface area contributed by atoms with E-state index < -0.39 is 35.4 Å². The van der Waals surface area contributed by atoms with Gasteiger partial charge in [-0.25, -0.2) is 4.39 Å². The largest absolute Gasteiger partial charge is 0.413 e. The van der Waals surface area contributed by atoms with Crippen molar-refractivity contribution in [2.75, 3.05) is 13.1 Å². The molecule has 0 aliphatic heterocycles. The van der Waals surface area contributed by atoms with Crippen molar-refractivity contribution in [1.29, 1.82) is 0 Å². The second kappa shape index (κ2) is 5.54. The second-order valence-electron chi connectivity index (χ2n) is 5.95. The number of hydrogen-bond donors (Lipinski definition) is 1. The van der Waals surface area contributed by atoms with Gasteiger partial charge >= 0.3 is 12.4 Å². The molecule has 0 radical (unpaired) electrons. The van der Waals surface area contributed by atoms with E-state index in [1.54, 1.807) is 0 Å². The lowest BCUT2D eigenvalue weighted by Gasteiger charge is -2.26. The van der Waals surface area contributed by atoms with E-state index >= 15 is 0 Å². The summed E-state index contributed by atoms with van der Waals surface area (Å²) in [5.74, 6) is -1.31. The monoisotopic (exact) mass is 331 g/mol. The van der Waals surface area contributed by atoms with Gasteiger partial charge in [0.05, 0.1) is 5.41 Å². The van der Waals surface area contributed by atoms with Crippen LogP contribution in [-0.4, -0.2) is 31.6 Å². The fourth-order valence-corrected chi connectivity index (χ4v) is 2.51. The molecule has 0 aromatic rings. The summed E-state index contributed by atoms with van der Waals surface area (Å²) in [6, 6.07) is 0. The van der Waals surface area contributed by atoms with Gasteiger partial charge in [0, 0.05) is 24.6 Å². The molecule has 126 valence electrons. The normalized spacial score (nSPS) is 28.2. The molecule has 2 rings (SSSR count). The van der Waals surface area contributed by atoms with E-state index in [9.17, 15) is 30.7 Å². The molecule has 1 N–H and O–H groups in total. The van der Waals surface area contributed by atoms with Crippen LogP contribution in [0.3, 0.4) is 0 Å². The predicted octanol–water partition coefficient (Wildman–Crippen LogP) is 4.32. The van der Waals surface area contributed by atoms with Gasteiger partial charge in [-0.05, 0) is 30.6 Å². The summed E-state index contributed by atoms with van der Waals surface area (Å²) in [5.41, 5.74) is -2.74. The highest BCUT2D eigenvalue weighted by atomic mass is 19.4. The molecule has 0 aromatic carbocycles. The van der Waals surface area contributed by atoms with Crippen molar-refractivity contribution >= 4 is 0 Å². The summed E-state index contributed by atoms with van der Waals surface area (Å²) in [6.07, 6.45) is -8.90. The molecule has 22 heavy (non-hydrogen) atoms. The van der Waals surface area contributed by atoms with Crippen LogP contribution in [0.25, 0.3) is 0 Å². The van der Waals surface area contributed by atoms with Gasteiger partial charge in [0.25, 0.3) is 0 Å². The summed E-state index contributed by atoms with van der Waals surface area (Å²) in [6.45, 7) is 0.549. The average Bonchev–Trinajstić information content (AvgIpc) is 3.12. The second-order valence-corrected chi connectivity index (χ2v) is 5.95. The lowest BCUT2D eigenvalue weighted by Crippen LogP contribution is -2.36. The molecule has 0 bridgehead atoms. The molecule has 2 unspecified atom stereocenters. The van der Waals surface area contributed by atoms with Gasteiger partial charge in [-0.3, -0.25) is 0 Å². The van der Waals surface area contributed by atoms with Crippen molar-refractivity contribution in [2.24, 2.45) is 11.3 Å². The molecule has 1 fully saturated rings. The van der Waals surface area contributed by atoms with E-state index in [1.165, 1.54) is 0 Å². The first kappa shape index (κ1) is 17.3. The highest BCUT2D eigenvalue weighted by Crippen LogP contribution is 2.57. The molecule has 0 spiro atoms. The van der Waals surface area contributed by atoms with Crippen molar-refractivity contribution in [3.63, 3.8) is 0 Å². The summed E-state index contributed by atoms with van der Waals surface area (Å²) < 4.78 is 90.2. The Morgan fingerprint density at radius 3 is 2.23 bits per heavy atom. The number of allylic oxidation sites excluding steroid dienone is 2. The van der Waals surface area contributed by atoms with E-state index in [1.807, 2.05) is 0 Å². The molecular formula is C14H16F7N. The zero-order valence-corrected chi connectivity index (χ0v) is 11.8. The number of halogens is 7. The van der Waals surface area contributed by atoms with E-state index in [2.05, 4.69) is 5.32 Å². The molecular weight excluding hydrogens is 315 g/mol. The van der Waals surface area contributed by atoms with E-state index in [4.69, 9.17) is 0 Å². The van der Waals surface area contributed by atoms with Gasteiger partial charge in [0.15, 0.2) is 0 Å². The summed E-state index contributed by atoms with van der Waals surface area (Å²) in [4.78, 5) is 0. The Morgan fingerprint density at radius 1 is 1.18 bits per heavy atom. The van der Waals surface area contributed by atoms with Crippen LogP contribution in [0.1, 0.15) is 19.8 Å². The van der Waals surface area contributed by atoms with Crippen LogP contribution in [0.15, 0.2) is 23.3 Å². The van der Waals surface area contributed by atoms with Crippen molar-refractivity contribution in [2.45, 2.75) is 38.3 Å².